The van der Waals surface area contributed by atoms with Gasteiger partial charge in [0.05, 0.1) is 16.3 Å². The van der Waals surface area contributed by atoms with Crippen molar-refractivity contribution in [2.45, 2.75) is 20.4 Å². The van der Waals surface area contributed by atoms with Crippen molar-refractivity contribution in [1.82, 2.24) is 15.1 Å². The van der Waals surface area contributed by atoms with Gasteiger partial charge < -0.3 is 5.32 Å². The SMILES string of the molecule is Cc1ccc(CNC(=O)c2cc3c(C)nn(-c4ccc(Br)cc4)c3s2)cc1. The van der Waals surface area contributed by atoms with Gasteiger partial charge in [0, 0.05) is 16.4 Å². The van der Waals surface area contributed by atoms with E-state index in [1.807, 2.05) is 54.1 Å². The summed E-state index contributed by atoms with van der Waals surface area (Å²) < 4.78 is 2.92. The topological polar surface area (TPSA) is 46.9 Å². The van der Waals surface area contributed by atoms with E-state index in [4.69, 9.17) is 0 Å². The third-order valence-electron chi connectivity index (χ3n) is 4.41. The lowest BCUT2D eigenvalue weighted by molar-refractivity contribution is 0.0955. The number of amides is 1. The number of benzene rings is 2. The minimum Gasteiger partial charge on any atom is -0.347 e. The van der Waals surface area contributed by atoms with E-state index in [1.165, 1.54) is 16.9 Å². The first-order valence-corrected chi connectivity index (χ1v) is 10.2. The van der Waals surface area contributed by atoms with Crippen molar-refractivity contribution in [3.63, 3.8) is 0 Å². The van der Waals surface area contributed by atoms with Crippen molar-refractivity contribution in [2.75, 3.05) is 0 Å². The lowest BCUT2D eigenvalue weighted by Crippen LogP contribution is -2.21. The Labute approximate surface area is 170 Å². The molecule has 0 bridgehead atoms. The number of carbonyl (C=O) groups is 1. The molecule has 4 rings (SSSR count). The maximum absolute atomic E-state index is 12.6. The van der Waals surface area contributed by atoms with Crippen LogP contribution in [0.5, 0.6) is 0 Å². The summed E-state index contributed by atoms with van der Waals surface area (Å²) in [6, 6.07) is 18.1. The lowest BCUT2D eigenvalue weighted by atomic mass is 10.1. The molecule has 0 atom stereocenters. The van der Waals surface area contributed by atoms with Crippen LogP contribution in [0.4, 0.5) is 0 Å². The van der Waals surface area contributed by atoms with Crippen LogP contribution in [-0.4, -0.2) is 15.7 Å². The number of halogens is 1. The fraction of sp³-hybridized carbons (Fsp3) is 0.143. The highest BCUT2D eigenvalue weighted by Crippen LogP contribution is 2.30. The van der Waals surface area contributed by atoms with E-state index in [1.54, 1.807) is 0 Å². The number of fused-ring (bicyclic) bond motifs is 1. The molecule has 2 heterocycles. The van der Waals surface area contributed by atoms with Crippen LogP contribution in [0.25, 0.3) is 15.9 Å². The standard InChI is InChI=1S/C21H18BrN3OS/c1-13-3-5-15(6-4-13)12-23-20(26)19-11-18-14(2)24-25(21(18)27-19)17-9-7-16(22)8-10-17/h3-11H,12H2,1-2H3,(H,23,26). The number of thiophene rings is 1. The van der Waals surface area contributed by atoms with Crippen LogP contribution in [0.3, 0.4) is 0 Å². The van der Waals surface area contributed by atoms with E-state index >= 15 is 0 Å². The minimum atomic E-state index is -0.0569. The van der Waals surface area contributed by atoms with Crippen molar-refractivity contribution in [2.24, 2.45) is 0 Å². The molecule has 0 spiro atoms. The van der Waals surface area contributed by atoms with Gasteiger partial charge in [0.15, 0.2) is 0 Å². The van der Waals surface area contributed by atoms with Gasteiger partial charge in [-0.25, -0.2) is 4.68 Å². The predicted molar refractivity (Wildman–Crippen MR) is 114 cm³/mol. The first-order valence-electron chi connectivity index (χ1n) is 8.60. The highest BCUT2D eigenvalue weighted by Gasteiger charge is 2.17. The fourth-order valence-electron chi connectivity index (χ4n) is 2.89. The average molecular weight is 440 g/mol. The van der Waals surface area contributed by atoms with Crippen LogP contribution in [0.2, 0.25) is 0 Å². The number of hydrogen-bond acceptors (Lipinski definition) is 3. The normalized spacial score (nSPS) is 11.1. The Morgan fingerprint density at radius 2 is 1.81 bits per heavy atom. The van der Waals surface area contributed by atoms with Crippen LogP contribution >= 0.6 is 27.3 Å². The fourth-order valence-corrected chi connectivity index (χ4v) is 4.26. The summed E-state index contributed by atoms with van der Waals surface area (Å²) in [5.41, 5.74) is 4.20. The molecular formula is C21H18BrN3OS. The van der Waals surface area contributed by atoms with Crippen LogP contribution in [0.1, 0.15) is 26.5 Å². The zero-order valence-corrected chi connectivity index (χ0v) is 17.4. The Morgan fingerprint density at radius 1 is 1.11 bits per heavy atom. The van der Waals surface area contributed by atoms with Crippen molar-refractivity contribution in [3.8, 4) is 5.69 Å². The van der Waals surface area contributed by atoms with Gasteiger partial charge in [0.2, 0.25) is 0 Å². The van der Waals surface area contributed by atoms with Crippen LogP contribution in [-0.2, 0) is 6.54 Å². The van der Waals surface area contributed by atoms with Gasteiger partial charge in [-0.15, -0.1) is 11.3 Å². The molecule has 0 unspecified atom stereocenters. The van der Waals surface area contributed by atoms with Gasteiger partial charge >= 0.3 is 0 Å². The number of carbonyl (C=O) groups excluding carboxylic acids is 1. The molecule has 6 heteroatoms. The number of nitrogens with zero attached hydrogens (tertiary/aromatic N) is 2. The van der Waals surface area contributed by atoms with Gasteiger partial charge in [-0.1, -0.05) is 45.8 Å². The Hall–Kier alpha value is -2.44. The molecule has 0 saturated heterocycles. The summed E-state index contributed by atoms with van der Waals surface area (Å²) in [4.78, 5) is 14.3. The van der Waals surface area contributed by atoms with E-state index < -0.39 is 0 Å². The van der Waals surface area contributed by atoms with Crippen molar-refractivity contribution in [3.05, 3.63) is 80.8 Å². The third-order valence-corrected chi connectivity index (χ3v) is 6.05. The Morgan fingerprint density at radius 3 is 2.52 bits per heavy atom. The van der Waals surface area contributed by atoms with Gasteiger partial charge in [0.25, 0.3) is 5.91 Å². The van der Waals surface area contributed by atoms with Crippen molar-refractivity contribution < 1.29 is 4.79 Å². The highest BCUT2D eigenvalue weighted by molar-refractivity contribution is 9.10. The maximum Gasteiger partial charge on any atom is 0.261 e. The van der Waals surface area contributed by atoms with Crippen LogP contribution < -0.4 is 5.32 Å². The van der Waals surface area contributed by atoms with E-state index in [2.05, 4.69) is 45.4 Å². The third kappa shape index (κ3) is 3.68. The molecule has 1 amide bonds. The zero-order valence-electron chi connectivity index (χ0n) is 15.0. The van der Waals surface area contributed by atoms with Crippen molar-refractivity contribution >= 4 is 43.4 Å². The number of aromatic nitrogens is 2. The lowest BCUT2D eigenvalue weighted by Gasteiger charge is -2.04. The summed E-state index contributed by atoms with van der Waals surface area (Å²) in [7, 11) is 0. The Kier molecular flexibility index (Phi) is 4.85. The molecule has 0 fully saturated rings. The smallest absolute Gasteiger partial charge is 0.261 e. The zero-order chi connectivity index (χ0) is 19.0. The van der Waals surface area contributed by atoms with Gasteiger partial charge in [-0.3, -0.25) is 4.79 Å². The minimum absolute atomic E-state index is 0.0569. The molecule has 4 nitrogen and oxygen atoms in total. The number of hydrogen-bond donors (Lipinski definition) is 1. The van der Waals surface area contributed by atoms with Gasteiger partial charge in [0.1, 0.15) is 4.83 Å². The second-order valence-corrected chi connectivity index (χ2v) is 8.42. The second kappa shape index (κ2) is 7.29. The van der Waals surface area contributed by atoms with E-state index in [0.29, 0.717) is 11.4 Å². The summed E-state index contributed by atoms with van der Waals surface area (Å²) in [6.45, 7) is 4.54. The monoisotopic (exact) mass is 439 g/mol. The van der Waals surface area contributed by atoms with Gasteiger partial charge in [-0.05, 0) is 49.7 Å². The van der Waals surface area contributed by atoms with E-state index in [0.717, 1.165) is 31.6 Å². The molecule has 27 heavy (non-hydrogen) atoms. The summed E-state index contributed by atoms with van der Waals surface area (Å²) >= 11 is 4.92. The molecule has 0 aliphatic heterocycles. The number of rotatable bonds is 4. The molecule has 2 aromatic carbocycles. The maximum atomic E-state index is 12.6. The van der Waals surface area contributed by atoms with Crippen molar-refractivity contribution in [1.29, 1.82) is 0 Å². The number of nitrogens with one attached hydrogen (secondary N) is 1. The predicted octanol–water partition coefficient (Wildman–Crippen LogP) is 5.40. The summed E-state index contributed by atoms with van der Waals surface area (Å²) in [5.74, 6) is -0.0569. The van der Waals surface area contributed by atoms with Gasteiger partial charge in [-0.2, -0.15) is 5.10 Å². The van der Waals surface area contributed by atoms with E-state index in [9.17, 15) is 4.79 Å². The molecular weight excluding hydrogens is 422 g/mol. The second-order valence-electron chi connectivity index (χ2n) is 6.47. The average Bonchev–Trinajstić information content (AvgIpc) is 3.23. The molecule has 1 N–H and O–H groups in total. The molecule has 0 saturated carbocycles. The molecule has 0 radical (unpaired) electrons. The molecule has 0 aliphatic carbocycles. The number of aryl methyl sites for hydroxylation is 2. The van der Waals surface area contributed by atoms with Crippen LogP contribution in [0, 0.1) is 13.8 Å². The first kappa shape index (κ1) is 17.9. The summed E-state index contributed by atoms with van der Waals surface area (Å²) in [6.07, 6.45) is 0. The molecule has 0 aliphatic rings. The quantitative estimate of drug-likeness (QED) is 0.462. The highest BCUT2D eigenvalue weighted by atomic mass is 79.9. The first-order chi connectivity index (χ1) is 13.0. The summed E-state index contributed by atoms with van der Waals surface area (Å²) in [5, 5.41) is 8.66. The molecule has 4 aromatic rings. The Bertz CT molecular complexity index is 1110. The van der Waals surface area contributed by atoms with E-state index in [-0.39, 0.29) is 5.91 Å². The largest absolute Gasteiger partial charge is 0.347 e. The molecule has 136 valence electrons. The van der Waals surface area contributed by atoms with Crippen LogP contribution in [0.15, 0.2) is 59.1 Å². The molecule has 2 aromatic heterocycles. The Balaban J connectivity index is 1.59.